The summed E-state index contributed by atoms with van der Waals surface area (Å²) in [6, 6.07) is 17.0. The summed E-state index contributed by atoms with van der Waals surface area (Å²) in [6.07, 6.45) is 0. The first-order valence-corrected chi connectivity index (χ1v) is 12.3. The minimum atomic E-state index is -0.504. The number of fused-ring (bicyclic) bond motifs is 2. The molecule has 0 unspecified atom stereocenters. The van der Waals surface area contributed by atoms with Crippen LogP contribution in [0.15, 0.2) is 60.7 Å². The Kier molecular flexibility index (Phi) is 6.90. The van der Waals surface area contributed by atoms with E-state index in [4.69, 9.17) is 9.47 Å². The van der Waals surface area contributed by atoms with Gasteiger partial charge in [0.25, 0.3) is 11.6 Å². The Bertz CT molecular complexity index is 1500. The van der Waals surface area contributed by atoms with Gasteiger partial charge in [-0.25, -0.2) is 0 Å². The number of nitro groups is 1. The van der Waals surface area contributed by atoms with Gasteiger partial charge in [0, 0.05) is 54.6 Å². The van der Waals surface area contributed by atoms with Gasteiger partial charge in [0.2, 0.25) is 12.7 Å². The van der Waals surface area contributed by atoms with Crippen LogP contribution in [0.5, 0.6) is 11.5 Å². The summed E-state index contributed by atoms with van der Waals surface area (Å²) in [4.78, 5) is 40.0. The summed E-state index contributed by atoms with van der Waals surface area (Å²) in [5.41, 5.74) is 3.69. The van der Waals surface area contributed by atoms with Crippen molar-refractivity contribution >= 4 is 45.8 Å². The van der Waals surface area contributed by atoms with Crippen LogP contribution in [0.1, 0.15) is 18.1 Å². The molecule has 0 aliphatic carbocycles. The van der Waals surface area contributed by atoms with Gasteiger partial charge < -0.3 is 29.9 Å². The summed E-state index contributed by atoms with van der Waals surface area (Å²) >= 11 is 0. The molecule has 2 heterocycles. The summed E-state index contributed by atoms with van der Waals surface area (Å²) in [5, 5.41) is 17.4. The van der Waals surface area contributed by atoms with Crippen LogP contribution >= 0.6 is 0 Å². The van der Waals surface area contributed by atoms with Crippen LogP contribution in [-0.4, -0.2) is 55.6 Å². The molecule has 0 bridgehead atoms. The van der Waals surface area contributed by atoms with E-state index in [9.17, 15) is 19.7 Å². The fourth-order valence-electron chi connectivity index (χ4n) is 4.49. The summed E-state index contributed by atoms with van der Waals surface area (Å²) in [6.45, 7) is 2.90. The third-order valence-corrected chi connectivity index (χ3v) is 6.47. The van der Waals surface area contributed by atoms with Crippen LogP contribution in [0.3, 0.4) is 0 Å². The Morgan fingerprint density at radius 2 is 1.77 bits per heavy atom. The summed E-state index contributed by atoms with van der Waals surface area (Å²) < 4.78 is 11.0. The fraction of sp³-hybridized carbons (Fsp3) is 0.214. The second-order valence-electron chi connectivity index (χ2n) is 9.40. The Morgan fingerprint density at radius 1 is 1.03 bits per heavy atom. The Labute approximate surface area is 224 Å². The predicted octanol–water partition coefficient (Wildman–Crippen LogP) is 4.17. The molecule has 0 saturated heterocycles. The Morgan fingerprint density at radius 3 is 2.46 bits per heavy atom. The summed E-state index contributed by atoms with van der Waals surface area (Å²) in [7, 11) is 3.90. The number of carbonyl (C=O) groups is 2. The second kappa shape index (κ2) is 10.5. The van der Waals surface area contributed by atoms with Crippen molar-refractivity contribution < 1.29 is 24.0 Å². The number of ether oxygens (including phenoxy) is 2. The topological polar surface area (TPSA) is 126 Å². The van der Waals surface area contributed by atoms with Crippen molar-refractivity contribution in [3.63, 3.8) is 0 Å². The van der Waals surface area contributed by atoms with E-state index >= 15 is 0 Å². The molecule has 5 rings (SSSR count). The minimum absolute atomic E-state index is 0.0611. The monoisotopic (exact) mass is 529 g/mol. The number of hydrogen-bond acceptors (Lipinski definition) is 8. The molecule has 0 fully saturated rings. The normalized spacial score (nSPS) is 14.6. The number of nitro benzene ring substituents is 1. The molecule has 0 saturated carbocycles. The lowest BCUT2D eigenvalue weighted by Crippen LogP contribution is -2.35. The third kappa shape index (κ3) is 5.25. The number of carbonyl (C=O) groups excluding carboxylic acids is 2. The zero-order valence-corrected chi connectivity index (χ0v) is 21.7. The van der Waals surface area contributed by atoms with Crippen molar-refractivity contribution in [1.82, 2.24) is 4.90 Å². The van der Waals surface area contributed by atoms with Gasteiger partial charge in [-0.05, 0) is 62.6 Å². The quantitative estimate of drug-likeness (QED) is 0.253. The molecule has 200 valence electrons. The average Bonchev–Trinajstić information content (AvgIpc) is 3.50. The number of non-ortho nitro benzene ring substituents is 1. The van der Waals surface area contributed by atoms with Gasteiger partial charge in [0.05, 0.1) is 21.9 Å². The molecule has 11 heteroatoms. The second-order valence-corrected chi connectivity index (χ2v) is 9.40. The van der Waals surface area contributed by atoms with Crippen molar-refractivity contribution in [1.29, 1.82) is 0 Å². The van der Waals surface area contributed by atoms with Crippen LogP contribution in [0.4, 0.5) is 22.7 Å². The SMILES string of the molecule is CC(=O)N(CCN(C)C)c1ccc(N/C(=C2\C(=O)Nc3cc([N+](=O)[O-])ccc32)c2ccc3c(c2)OCO3)cc1. The third-order valence-electron chi connectivity index (χ3n) is 6.47. The molecule has 2 aliphatic rings. The number of hydrogen-bond donors (Lipinski definition) is 2. The number of nitrogens with zero attached hydrogens (tertiary/aromatic N) is 3. The zero-order valence-electron chi connectivity index (χ0n) is 21.7. The smallest absolute Gasteiger partial charge is 0.271 e. The van der Waals surface area contributed by atoms with E-state index in [2.05, 4.69) is 10.6 Å². The first kappa shape index (κ1) is 25.7. The molecular weight excluding hydrogens is 502 g/mol. The van der Waals surface area contributed by atoms with Gasteiger partial charge in [-0.15, -0.1) is 0 Å². The van der Waals surface area contributed by atoms with Crippen LogP contribution < -0.4 is 25.0 Å². The van der Waals surface area contributed by atoms with E-state index in [1.807, 2.05) is 49.3 Å². The highest BCUT2D eigenvalue weighted by atomic mass is 16.7. The van der Waals surface area contributed by atoms with E-state index in [1.54, 1.807) is 23.1 Å². The van der Waals surface area contributed by atoms with E-state index in [0.29, 0.717) is 58.4 Å². The highest BCUT2D eigenvalue weighted by Crippen LogP contribution is 2.41. The van der Waals surface area contributed by atoms with Crippen molar-refractivity contribution in [2.24, 2.45) is 0 Å². The molecular formula is C28H27N5O6. The number of amides is 2. The first-order chi connectivity index (χ1) is 18.7. The van der Waals surface area contributed by atoms with Crippen molar-refractivity contribution in [3.05, 3.63) is 81.9 Å². The van der Waals surface area contributed by atoms with Gasteiger partial charge in [-0.3, -0.25) is 19.7 Å². The van der Waals surface area contributed by atoms with Gasteiger partial charge in [0.15, 0.2) is 11.5 Å². The van der Waals surface area contributed by atoms with E-state index < -0.39 is 10.8 Å². The van der Waals surface area contributed by atoms with E-state index in [-0.39, 0.29) is 18.4 Å². The van der Waals surface area contributed by atoms with Crippen molar-refractivity contribution in [2.45, 2.75) is 6.92 Å². The van der Waals surface area contributed by atoms with E-state index in [0.717, 1.165) is 5.69 Å². The van der Waals surface area contributed by atoms with E-state index in [1.165, 1.54) is 19.1 Å². The highest BCUT2D eigenvalue weighted by Gasteiger charge is 2.30. The number of rotatable bonds is 8. The molecule has 39 heavy (non-hydrogen) atoms. The highest BCUT2D eigenvalue weighted by molar-refractivity contribution is 6.37. The molecule has 3 aromatic carbocycles. The fourth-order valence-corrected chi connectivity index (χ4v) is 4.49. The molecule has 2 amide bonds. The molecule has 11 nitrogen and oxygen atoms in total. The molecule has 0 atom stereocenters. The largest absolute Gasteiger partial charge is 0.454 e. The molecule has 0 spiro atoms. The molecule has 2 N–H and O–H groups in total. The number of benzene rings is 3. The predicted molar refractivity (Wildman–Crippen MR) is 148 cm³/mol. The minimum Gasteiger partial charge on any atom is -0.454 e. The lowest BCUT2D eigenvalue weighted by atomic mass is 9.99. The van der Waals surface area contributed by atoms with Crippen molar-refractivity contribution in [3.8, 4) is 11.5 Å². The van der Waals surface area contributed by atoms with Crippen LogP contribution in [0.25, 0.3) is 11.3 Å². The standard InChI is InChI=1S/C28H27N5O6/c1-17(34)32(13-12-31(2)3)20-7-5-19(6-8-20)29-27(18-4-11-24-25(14-18)39-16-38-24)26-22-10-9-21(33(36)37)15-23(22)30-28(26)35/h4-11,14-15,29H,12-13,16H2,1-3H3,(H,30,35)/b27-26-. The Hall–Kier alpha value is -4.90. The van der Waals surface area contributed by atoms with Crippen LogP contribution in [0.2, 0.25) is 0 Å². The number of anilines is 3. The zero-order chi connectivity index (χ0) is 27.7. The molecule has 0 radical (unpaired) electrons. The van der Waals surface area contributed by atoms with Crippen LogP contribution in [0, 0.1) is 10.1 Å². The maximum absolute atomic E-state index is 13.2. The maximum Gasteiger partial charge on any atom is 0.271 e. The number of nitrogens with one attached hydrogen (secondary N) is 2. The first-order valence-electron chi connectivity index (χ1n) is 12.3. The van der Waals surface area contributed by atoms with Gasteiger partial charge in [0.1, 0.15) is 0 Å². The summed E-state index contributed by atoms with van der Waals surface area (Å²) in [5.74, 6) is 0.687. The lowest BCUT2D eigenvalue weighted by molar-refractivity contribution is -0.384. The van der Waals surface area contributed by atoms with Gasteiger partial charge in [-0.1, -0.05) is 0 Å². The molecule has 2 aliphatic heterocycles. The van der Waals surface area contributed by atoms with Gasteiger partial charge >= 0.3 is 0 Å². The average molecular weight is 530 g/mol. The molecule has 0 aromatic heterocycles. The van der Waals surface area contributed by atoms with Crippen LogP contribution in [-0.2, 0) is 9.59 Å². The Balaban J connectivity index is 1.55. The lowest BCUT2D eigenvalue weighted by Gasteiger charge is -2.23. The molecule has 3 aromatic rings. The van der Waals surface area contributed by atoms with Gasteiger partial charge in [-0.2, -0.15) is 0 Å². The number of likely N-dealkylation sites (N-methyl/N-ethyl adjacent to an activating group) is 1. The van der Waals surface area contributed by atoms with Crippen molar-refractivity contribution in [2.75, 3.05) is 49.5 Å². The maximum atomic E-state index is 13.2.